The molecule has 0 atom stereocenters. The minimum Gasteiger partial charge on any atom is -0.496 e. The standard InChI is InChI=1S/C11H13ClN2O3/c1-7-5-8(3-4-9(7)17-2)13-11(16)14-10(15)6-12/h3-5H,6H2,1-2H3,(H2,13,14,15,16). The zero-order valence-corrected chi connectivity index (χ0v) is 10.3. The number of carbonyl (C=O) groups excluding carboxylic acids is 2. The summed E-state index contributed by atoms with van der Waals surface area (Å²) >= 11 is 5.26. The van der Waals surface area contributed by atoms with Crippen molar-refractivity contribution in [2.75, 3.05) is 18.3 Å². The number of halogens is 1. The number of aryl methyl sites for hydroxylation is 1. The van der Waals surface area contributed by atoms with Crippen LogP contribution in [0.25, 0.3) is 0 Å². The van der Waals surface area contributed by atoms with Crippen molar-refractivity contribution >= 4 is 29.2 Å². The van der Waals surface area contributed by atoms with Crippen molar-refractivity contribution in [3.63, 3.8) is 0 Å². The highest BCUT2D eigenvalue weighted by atomic mass is 35.5. The Kier molecular flexibility index (Phi) is 4.78. The minimum atomic E-state index is -0.611. The third kappa shape index (κ3) is 3.96. The Hall–Kier alpha value is -1.75. The summed E-state index contributed by atoms with van der Waals surface area (Å²) in [5.74, 6) is -0.0723. The normalized spacial score (nSPS) is 9.59. The number of anilines is 1. The van der Waals surface area contributed by atoms with Gasteiger partial charge in [-0.15, -0.1) is 11.6 Å². The van der Waals surface area contributed by atoms with E-state index in [1.807, 2.05) is 6.92 Å². The van der Waals surface area contributed by atoms with Gasteiger partial charge in [0.05, 0.1) is 7.11 Å². The van der Waals surface area contributed by atoms with Gasteiger partial charge in [-0.1, -0.05) is 0 Å². The molecule has 0 saturated heterocycles. The van der Waals surface area contributed by atoms with Crippen LogP contribution in [0.1, 0.15) is 5.56 Å². The lowest BCUT2D eigenvalue weighted by Crippen LogP contribution is -2.35. The van der Waals surface area contributed by atoms with Gasteiger partial charge in [0.2, 0.25) is 5.91 Å². The van der Waals surface area contributed by atoms with E-state index < -0.39 is 11.9 Å². The number of ether oxygens (including phenoxy) is 1. The molecule has 0 bridgehead atoms. The molecule has 0 aromatic heterocycles. The lowest BCUT2D eigenvalue weighted by Gasteiger charge is -2.09. The Balaban J connectivity index is 2.66. The SMILES string of the molecule is COc1ccc(NC(=O)NC(=O)CCl)cc1C. The molecule has 92 valence electrons. The largest absolute Gasteiger partial charge is 0.496 e. The van der Waals surface area contributed by atoms with Gasteiger partial charge >= 0.3 is 6.03 Å². The van der Waals surface area contributed by atoms with Crippen molar-refractivity contribution in [1.82, 2.24) is 5.32 Å². The number of nitrogens with one attached hydrogen (secondary N) is 2. The number of carbonyl (C=O) groups is 2. The molecule has 1 rings (SSSR count). The van der Waals surface area contributed by atoms with Crippen molar-refractivity contribution in [3.05, 3.63) is 23.8 Å². The molecule has 0 aliphatic carbocycles. The zero-order valence-electron chi connectivity index (χ0n) is 9.54. The predicted octanol–water partition coefficient (Wildman–Crippen LogP) is 1.89. The Morgan fingerprint density at radius 2 is 2.12 bits per heavy atom. The van der Waals surface area contributed by atoms with Crippen molar-refractivity contribution < 1.29 is 14.3 Å². The average molecular weight is 257 g/mol. The lowest BCUT2D eigenvalue weighted by molar-refractivity contribution is -0.117. The topological polar surface area (TPSA) is 67.4 Å². The quantitative estimate of drug-likeness (QED) is 0.812. The van der Waals surface area contributed by atoms with E-state index in [1.54, 1.807) is 25.3 Å². The van der Waals surface area contributed by atoms with Crippen LogP contribution in [0, 0.1) is 6.92 Å². The Morgan fingerprint density at radius 1 is 1.41 bits per heavy atom. The van der Waals surface area contributed by atoms with Crippen LogP contribution < -0.4 is 15.4 Å². The fourth-order valence-electron chi connectivity index (χ4n) is 1.28. The van der Waals surface area contributed by atoms with Crippen LogP contribution in [0.2, 0.25) is 0 Å². The van der Waals surface area contributed by atoms with Gasteiger partial charge in [0.1, 0.15) is 11.6 Å². The molecule has 0 unspecified atom stereocenters. The molecule has 3 amide bonds. The van der Waals surface area contributed by atoms with Crippen LogP contribution in [-0.4, -0.2) is 24.9 Å². The Morgan fingerprint density at radius 3 is 2.65 bits per heavy atom. The first-order valence-electron chi connectivity index (χ1n) is 4.88. The summed E-state index contributed by atoms with van der Waals surface area (Å²) in [6.45, 7) is 1.85. The first-order valence-corrected chi connectivity index (χ1v) is 5.41. The highest BCUT2D eigenvalue weighted by Crippen LogP contribution is 2.21. The predicted molar refractivity (Wildman–Crippen MR) is 65.6 cm³/mol. The van der Waals surface area contributed by atoms with Gasteiger partial charge in [-0.3, -0.25) is 10.1 Å². The molecular weight excluding hydrogens is 244 g/mol. The second-order valence-electron chi connectivity index (χ2n) is 3.32. The van der Waals surface area contributed by atoms with Crippen LogP contribution in [0.15, 0.2) is 18.2 Å². The molecule has 6 heteroatoms. The highest BCUT2D eigenvalue weighted by molar-refractivity contribution is 6.28. The van der Waals surface area contributed by atoms with Gasteiger partial charge in [0, 0.05) is 5.69 Å². The van der Waals surface area contributed by atoms with Gasteiger partial charge in [-0.05, 0) is 30.7 Å². The van der Waals surface area contributed by atoms with Crippen molar-refractivity contribution in [1.29, 1.82) is 0 Å². The van der Waals surface area contributed by atoms with Gasteiger partial charge in [0.15, 0.2) is 0 Å². The number of benzene rings is 1. The molecule has 17 heavy (non-hydrogen) atoms. The molecule has 1 aromatic carbocycles. The van der Waals surface area contributed by atoms with Crippen molar-refractivity contribution in [3.8, 4) is 5.75 Å². The fourth-order valence-corrected chi connectivity index (χ4v) is 1.35. The minimum absolute atomic E-state index is 0.255. The maximum atomic E-state index is 11.3. The first kappa shape index (κ1) is 13.3. The van der Waals surface area contributed by atoms with Crippen LogP contribution in [0.5, 0.6) is 5.75 Å². The molecule has 2 N–H and O–H groups in total. The molecule has 5 nitrogen and oxygen atoms in total. The van der Waals surface area contributed by atoms with Crippen LogP contribution in [-0.2, 0) is 4.79 Å². The van der Waals surface area contributed by atoms with Gasteiger partial charge < -0.3 is 10.1 Å². The first-order chi connectivity index (χ1) is 8.06. The number of amides is 3. The van der Waals surface area contributed by atoms with E-state index in [-0.39, 0.29) is 5.88 Å². The number of hydrogen-bond donors (Lipinski definition) is 2. The molecule has 1 aromatic rings. The van der Waals surface area contributed by atoms with E-state index in [9.17, 15) is 9.59 Å². The summed E-state index contributed by atoms with van der Waals surface area (Å²) in [4.78, 5) is 22.2. The number of hydrogen-bond acceptors (Lipinski definition) is 3. The molecule has 0 radical (unpaired) electrons. The lowest BCUT2D eigenvalue weighted by atomic mass is 10.2. The monoisotopic (exact) mass is 256 g/mol. The van der Waals surface area contributed by atoms with Crippen LogP contribution in [0.4, 0.5) is 10.5 Å². The summed E-state index contributed by atoms with van der Waals surface area (Å²) in [6, 6.07) is 4.54. The molecular formula is C11H13ClN2O3. The molecule has 0 spiro atoms. The summed E-state index contributed by atoms with van der Waals surface area (Å²) in [5, 5.41) is 4.59. The van der Waals surface area contributed by atoms with E-state index in [0.29, 0.717) is 5.69 Å². The van der Waals surface area contributed by atoms with Crippen LogP contribution in [0.3, 0.4) is 0 Å². The third-order valence-corrected chi connectivity index (χ3v) is 2.27. The summed E-state index contributed by atoms with van der Waals surface area (Å²) < 4.78 is 5.09. The van der Waals surface area contributed by atoms with Gasteiger partial charge in [-0.2, -0.15) is 0 Å². The zero-order chi connectivity index (χ0) is 12.8. The molecule has 0 fully saturated rings. The molecule has 0 saturated carbocycles. The molecule has 0 aliphatic rings. The second kappa shape index (κ2) is 6.10. The smallest absolute Gasteiger partial charge is 0.325 e. The Labute approximate surface area is 104 Å². The van der Waals surface area contributed by atoms with E-state index in [2.05, 4.69) is 10.6 Å². The summed E-state index contributed by atoms with van der Waals surface area (Å²) in [7, 11) is 1.57. The van der Waals surface area contributed by atoms with Gasteiger partial charge in [0.25, 0.3) is 0 Å². The maximum Gasteiger partial charge on any atom is 0.325 e. The Bertz CT molecular complexity index is 435. The van der Waals surface area contributed by atoms with Crippen LogP contribution >= 0.6 is 11.6 Å². The number of imide groups is 1. The number of rotatable bonds is 3. The van der Waals surface area contributed by atoms with E-state index in [4.69, 9.17) is 16.3 Å². The third-order valence-electron chi connectivity index (χ3n) is 2.03. The number of methoxy groups -OCH3 is 1. The molecule has 0 heterocycles. The van der Waals surface area contributed by atoms with E-state index >= 15 is 0 Å². The van der Waals surface area contributed by atoms with Gasteiger partial charge in [-0.25, -0.2) is 4.79 Å². The summed E-state index contributed by atoms with van der Waals surface area (Å²) in [6.07, 6.45) is 0. The fraction of sp³-hybridized carbons (Fsp3) is 0.273. The van der Waals surface area contributed by atoms with E-state index in [0.717, 1.165) is 11.3 Å². The highest BCUT2D eigenvalue weighted by Gasteiger charge is 2.07. The van der Waals surface area contributed by atoms with E-state index in [1.165, 1.54) is 0 Å². The second-order valence-corrected chi connectivity index (χ2v) is 3.59. The molecule has 0 aliphatic heterocycles. The maximum absolute atomic E-state index is 11.3. The number of alkyl halides is 1. The average Bonchev–Trinajstić information content (AvgIpc) is 2.29. The number of urea groups is 1. The van der Waals surface area contributed by atoms with Crippen molar-refractivity contribution in [2.24, 2.45) is 0 Å². The summed E-state index contributed by atoms with van der Waals surface area (Å²) in [5.41, 5.74) is 1.46. The van der Waals surface area contributed by atoms with Crippen molar-refractivity contribution in [2.45, 2.75) is 6.92 Å².